The van der Waals surface area contributed by atoms with Crippen LogP contribution < -0.4 is 15.8 Å². The fourth-order valence-corrected chi connectivity index (χ4v) is 1.78. The van der Waals surface area contributed by atoms with Gasteiger partial charge in [-0.25, -0.2) is 4.39 Å². The Labute approximate surface area is 113 Å². The number of ether oxygens (including phenoxy) is 1. The number of rotatable bonds is 6. The van der Waals surface area contributed by atoms with Crippen LogP contribution in [0.5, 0.6) is 5.75 Å². The van der Waals surface area contributed by atoms with Gasteiger partial charge in [0.15, 0.2) is 11.6 Å². The van der Waals surface area contributed by atoms with Gasteiger partial charge in [-0.3, -0.25) is 10.1 Å². The van der Waals surface area contributed by atoms with Crippen LogP contribution >= 0.6 is 0 Å². The summed E-state index contributed by atoms with van der Waals surface area (Å²) in [6.07, 6.45) is 0. The van der Waals surface area contributed by atoms with Gasteiger partial charge in [0.05, 0.1) is 0 Å². The number of primary amides is 1. The Morgan fingerprint density at radius 1 is 1.53 bits per heavy atom. The van der Waals surface area contributed by atoms with Crippen molar-refractivity contribution in [2.45, 2.75) is 39.3 Å². The predicted octanol–water partition coefficient (Wildman–Crippen LogP) is 1.75. The zero-order valence-electron chi connectivity index (χ0n) is 11.8. The fourth-order valence-electron chi connectivity index (χ4n) is 1.78. The van der Waals surface area contributed by atoms with Crippen LogP contribution in [-0.2, 0) is 4.79 Å². The number of nitrogens with one attached hydrogen (secondary N) is 1. The maximum atomic E-state index is 13.8. The lowest BCUT2D eigenvalue weighted by Crippen LogP contribution is -2.59. The van der Waals surface area contributed by atoms with Gasteiger partial charge in [0.2, 0.25) is 5.91 Å². The van der Waals surface area contributed by atoms with Gasteiger partial charge in [0, 0.05) is 6.04 Å². The summed E-state index contributed by atoms with van der Waals surface area (Å²) >= 11 is 0. The Bertz CT molecular complexity index is 463. The summed E-state index contributed by atoms with van der Waals surface area (Å²) in [4.78, 5) is 11.5. The second-order valence-corrected chi connectivity index (χ2v) is 5.17. The molecule has 106 valence electrons. The number of hydrogen-bond acceptors (Lipinski definition) is 3. The molecule has 0 aliphatic carbocycles. The highest BCUT2D eigenvalue weighted by atomic mass is 19.1. The molecule has 0 heterocycles. The van der Waals surface area contributed by atoms with Crippen LogP contribution in [0.15, 0.2) is 18.2 Å². The van der Waals surface area contributed by atoms with E-state index in [0.29, 0.717) is 5.56 Å². The number of nitrogens with two attached hydrogens (primary N) is 1. The average Bonchev–Trinajstić information content (AvgIpc) is 2.30. The van der Waals surface area contributed by atoms with Gasteiger partial charge in [-0.2, -0.15) is 0 Å². The Morgan fingerprint density at radius 3 is 2.68 bits per heavy atom. The molecule has 19 heavy (non-hydrogen) atoms. The third kappa shape index (κ3) is 3.92. The molecule has 0 bridgehead atoms. The van der Waals surface area contributed by atoms with Gasteiger partial charge in [0.1, 0.15) is 12.1 Å². The molecule has 0 fully saturated rings. The number of carbonyl (C=O) groups is 1. The molecule has 1 aromatic carbocycles. The van der Waals surface area contributed by atoms with Crippen molar-refractivity contribution in [3.8, 4) is 5.75 Å². The van der Waals surface area contributed by atoms with Crippen molar-refractivity contribution in [1.82, 2.24) is 5.32 Å². The van der Waals surface area contributed by atoms with E-state index in [0.717, 1.165) is 0 Å². The van der Waals surface area contributed by atoms with Crippen molar-refractivity contribution in [3.63, 3.8) is 0 Å². The summed E-state index contributed by atoms with van der Waals surface area (Å²) in [5, 5.41) is 3.04. The van der Waals surface area contributed by atoms with Crippen LogP contribution in [-0.4, -0.2) is 24.1 Å². The summed E-state index contributed by atoms with van der Waals surface area (Å²) < 4.78 is 19.2. The average molecular weight is 268 g/mol. The molecule has 1 atom stereocenters. The molecular weight excluding hydrogens is 247 g/mol. The van der Waals surface area contributed by atoms with Crippen molar-refractivity contribution >= 4 is 5.91 Å². The topological polar surface area (TPSA) is 64.3 Å². The predicted molar refractivity (Wildman–Crippen MR) is 72.5 cm³/mol. The first-order valence-electron chi connectivity index (χ1n) is 6.22. The Kier molecular flexibility index (Phi) is 4.89. The summed E-state index contributed by atoms with van der Waals surface area (Å²) in [5.74, 6) is -0.828. The van der Waals surface area contributed by atoms with Crippen LogP contribution in [0.2, 0.25) is 0 Å². The van der Waals surface area contributed by atoms with E-state index >= 15 is 0 Å². The van der Waals surface area contributed by atoms with Crippen LogP contribution in [0, 0.1) is 12.7 Å². The maximum absolute atomic E-state index is 13.8. The summed E-state index contributed by atoms with van der Waals surface area (Å²) in [5.41, 5.74) is 4.83. The molecule has 3 N–H and O–H groups in total. The van der Waals surface area contributed by atoms with E-state index in [2.05, 4.69) is 5.32 Å². The molecule has 4 nitrogen and oxygen atoms in total. The SMILES string of the molecule is Cc1cccc(OCC(C)(NC(C)C)C(N)=O)c1F. The van der Waals surface area contributed by atoms with E-state index in [1.165, 1.54) is 6.07 Å². The van der Waals surface area contributed by atoms with Gasteiger partial charge in [-0.05, 0) is 39.3 Å². The monoisotopic (exact) mass is 268 g/mol. The lowest BCUT2D eigenvalue weighted by Gasteiger charge is -2.29. The summed E-state index contributed by atoms with van der Waals surface area (Å²) in [6.45, 7) is 7.06. The zero-order chi connectivity index (χ0) is 14.6. The van der Waals surface area contributed by atoms with E-state index in [9.17, 15) is 9.18 Å². The number of aryl methyl sites for hydroxylation is 1. The lowest BCUT2D eigenvalue weighted by atomic mass is 10.0. The zero-order valence-corrected chi connectivity index (χ0v) is 11.8. The third-order valence-electron chi connectivity index (χ3n) is 2.82. The molecule has 0 radical (unpaired) electrons. The normalized spacial score (nSPS) is 14.2. The molecule has 5 heteroatoms. The highest BCUT2D eigenvalue weighted by molar-refractivity contribution is 5.84. The number of halogens is 1. The third-order valence-corrected chi connectivity index (χ3v) is 2.82. The maximum Gasteiger partial charge on any atom is 0.240 e. The number of hydrogen-bond donors (Lipinski definition) is 2. The smallest absolute Gasteiger partial charge is 0.240 e. The molecule has 1 unspecified atom stereocenters. The van der Waals surface area contributed by atoms with Crippen molar-refractivity contribution < 1.29 is 13.9 Å². The molecule has 0 spiro atoms. The summed E-state index contributed by atoms with van der Waals surface area (Å²) in [6, 6.07) is 4.94. The molecule has 0 aliphatic heterocycles. The van der Waals surface area contributed by atoms with E-state index in [1.54, 1.807) is 26.0 Å². The molecule has 0 aliphatic rings. The minimum Gasteiger partial charge on any atom is -0.488 e. The van der Waals surface area contributed by atoms with Gasteiger partial charge in [-0.1, -0.05) is 12.1 Å². The second kappa shape index (κ2) is 6.02. The molecule has 0 aromatic heterocycles. The Balaban J connectivity index is 2.82. The summed E-state index contributed by atoms with van der Waals surface area (Å²) in [7, 11) is 0. The molecule has 1 amide bonds. The minimum absolute atomic E-state index is 0.0269. The molecule has 0 saturated heterocycles. The van der Waals surface area contributed by atoms with Crippen molar-refractivity contribution in [1.29, 1.82) is 0 Å². The lowest BCUT2D eigenvalue weighted by molar-refractivity contribution is -0.125. The first-order valence-corrected chi connectivity index (χ1v) is 6.22. The van der Waals surface area contributed by atoms with Crippen LogP contribution in [0.1, 0.15) is 26.3 Å². The van der Waals surface area contributed by atoms with E-state index in [1.807, 2.05) is 13.8 Å². The number of carbonyl (C=O) groups excluding carboxylic acids is 1. The van der Waals surface area contributed by atoms with Gasteiger partial charge < -0.3 is 10.5 Å². The van der Waals surface area contributed by atoms with Gasteiger partial charge in [-0.15, -0.1) is 0 Å². The first-order chi connectivity index (χ1) is 8.76. The number of benzene rings is 1. The van der Waals surface area contributed by atoms with Crippen molar-refractivity contribution in [3.05, 3.63) is 29.6 Å². The molecule has 1 rings (SSSR count). The van der Waals surface area contributed by atoms with Crippen LogP contribution in [0.4, 0.5) is 4.39 Å². The second-order valence-electron chi connectivity index (χ2n) is 5.17. The van der Waals surface area contributed by atoms with Crippen molar-refractivity contribution in [2.75, 3.05) is 6.61 Å². The first kappa shape index (κ1) is 15.4. The van der Waals surface area contributed by atoms with E-state index in [4.69, 9.17) is 10.5 Å². The molecule has 1 aromatic rings. The minimum atomic E-state index is -1.04. The Morgan fingerprint density at radius 2 is 2.16 bits per heavy atom. The van der Waals surface area contributed by atoms with Gasteiger partial charge in [0.25, 0.3) is 0 Å². The quantitative estimate of drug-likeness (QED) is 0.826. The Hall–Kier alpha value is -1.62. The molecule has 0 saturated carbocycles. The largest absolute Gasteiger partial charge is 0.488 e. The highest BCUT2D eigenvalue weighted by Gasteiger charge is 2.32. The van der Waals surface area contributed by atoms with Crippen LogP contribution in [0.25, 0.3) is 0 Å². The van der Waals surface area contributed by atoms with E-state index in [-0.39, 0.29) is 18.4 Å². The van der Waals surface area contributed by atoms with E-state index < -0.39 is 17.3 Å². The number of amides is 1. The highest BCUT2D eigenvalue weighted by Crippen LogP contribution is 2.21. The van der Waals surface area contributed by atoms with Crippen molar-refractivity contribution in [2.24, 2.45) is 5.73 Å². The van der Waals surface area contributed by atoms with Crippen LogP contribution in [0.3, 0.4) is 0 Å². The van der Waals surface area contributed by atoms with Gasteiger partial charge >= 0.3 is 0 Å². The fraction of sp³-hybridized carbons (Fsp3) is 0.500. The standard InChI is InChI=1S/C14H21FN2O2/c1-9(2)17-14(4,13(16)18)8-19-11-7-5-6-10(3)12(11)15/h5-7,9,17H,8H2,1-4H3,(H2,16,18). The molecular formula is C14H21FN2O2.